The average Bonchev–Trinajstić information content (AvgIpc) is 1.83. The van der Waals surface area contributed by atoms with Crippen molar-refractivity contribution < 1.29 is 0 Å². The molecule has 6 N–H and O–H groups in total. The molecule has 0 radical (unpaired) electrons. The molecule has 5 heteroatoms. The fourth-order valence-electron chi connectivity index (χ4n) is 0.602. The van der Waals surface area contributed by atoms with E-state index in [-0.39, 0.29) is 24.8 Å². The lowest BCUT2D eigenvalue weighted by molar-refractivity contribution is 1.65. The lowest BCUT2D eigenvalue weighted by atomic mass is 10.2. The van der Waals surface area contributed by atoms with E-state index < -0.39 is 0 Å². The molecule has 11 heavy (non-hydrogen) atoms. The van der Waals surface area contributed by atoms with Gasteiger partial charge in [-0.25, -0.2) is 0 Å². The fourth-order valence-corrected chi connectivity index (χ4v) is 0.602. The summed E-state index contributed by atoms with van der Waals surface area (Å²) < 4.78 is 0. The van der Waals surface area contributed by atoms with Crippen LogP contribution in [-0.2, 0) is 0 Å². The number of rotatable bonds is 0. The average molecular weight is 196 g/mol. The quantitative estimate of drug-likeness (QED) is 0.547. The van der Waals surface area contributed by atoms with Crippen LogP contribution in [0, 0.1) is 0 Å². The number of benzene rings is 1. The molecule has 0 fully saturated rings. The number of anilines is 3. The highest BCUT2D eigenvalue weighted by Gasteiger charge is 1.94. The third kappa shape index (κ3) is 2.74. The second kappa shape index (κ2) is 4.93. The van der Waals surface area contributed by atoms with Crippen molar-refractivity contribution in [2.75, 3.05) is 17.2 Å². The molecule has 0 aliphatic rings. The van der Waals surface area contributed by atoms with Crippen LogP contribution in [0.1, 0.15) is 0 Å². The Labute approximate surface area is 77.8 Å². The van der Waals surface area contributed by atoms with Crippen LogP contribution >= 0.6 is 24.8 Å². The van der Waals surface area contributed by atoms with Crippen LogP contribution in [0.15, 0.2) is 18.2 Å². The van der Waals surface area contributed by atoms with Gasteiger partial charge in [0.05, 0.1) is 17.1 Å². The number of nitrogens with two attached hydrogens (primary N) is 3. The summed E-state index contributed by atoms with van der Waals surface area (Å²) in [7, 11) is 0. The standard InChI is InChI=1S/C6H9N3.2ClH/c7-4-2-1-3-5(8)6(4)9;;/h1-3H,7-9H2;2*1H. The number of nitrogen functional groups attached to an aromatic ring is 3. The molecule has 0 bridgehead atoms. The zero-order valence-corrected chi connectivity index (χ0v) is 7.41. The Kier molecular flexibility index (Phi) is 5.76. The van der Waals surface area contributed by atoms with E-state index in [0.717, 1.165) is 0 Å². The maximum Gasteiger partial charge on any atom is 0.0781 e. The first-order valence-corrected chi connectivity index (χ1v) is 2.61. The molecule has 0 unspecified atom stereocenters. The van der Waals surface area contributed by atoms with Crippen molar-refractivity contribution in [1.82, 2.24) is 0 Å². The summed E-state index contributed by atoms with van der Waals surface area (Å²) in [5.41, 5.74) is 17.8. The molecule has 1 rings (SSSR count). The zero-order valence-electron chi connectivity index (χ0n) is 5.78. The van der Waals surface area contributed by atoms with Gasteiger partial charge in [0.15, 0.2) is 0 Å². The lowest BCUT2D eigenvalue weighted by Crippen LogP contribution is -1.98. The Balaban J connectivity index is 0. The molecule has 0 spiro atoms. The van der Waals surface area contributed by atoms with Crippen molar-refractivity contribution in [3.8, 4) is 0 Å². The Morgan fingerprint density at radius 2 is 1.18 bits per heavy atom. The van der Waals surface area contributed by atoms with E-state index in [9.17, 15) is 0 Å². The van der Waals surface area contributed by atoms with Gasteiger partial charge in [0, 0.05) is 0 Å². The first-order chi connectivity index (χ1) is 4.22. The highest BCUT2D eigenvalue weighted by molar-refractivity contribution is 5.85. The molecule has 64 valence electrons. The van der Waals surface area contributed by atoms with Crippen molar-refractivity contribution >= 4 is 41.9 Å². The molecule has 1 aromatic carbocycles. The molecule has 0 atom stereocenters. The van der Waals surface area contributed by atoms with Gasteiger partial charge in [-0.1, -0.05) is 6.07 Å². The molecular formula is C6H11Cl2N3. The van der Waals surface area contributed by atoms with Gasteiger partial charge in [-0.2, -0.15) is 0 Å². The number of halogens is 2. The molecule has 0 amide bonds. The first-order valence-electron chi connectivity index (χ1n) is 2.61. The molecule has 0 saturated heterocycles. The summed E-state index contributed by atoms with van der Waals surface area (Å²) in [6.45, 7) is 0. The first kappa shape index (κ1) is 12.8. The number of hydrogen-bond donors (Lipinski definition) is 3. The van der Waals surface area contributed by atoms with Crippen molar-refractivity contribution in [1.29, 1.82) is 0 Å². The molecular weight excluding hydrogens is 185 g/mol. The van der Waals surface area contributed by atoms with Crippen LogP contribution in [-0.4, -0.2) is 0 Å². The van der Waals surface area contributed by atoms with Crippen molar-refractivity contribution in [3.63, 3.8) is 0 Å². The highest BCUT2D eigenvalue weighted by atomic mass is 35.5. The van der Waals surface area contributed by atoms with Crippen LogP contribution in [0.2, 0.25) is 0 Å². The van der Waals surface area contributed by atoms with Crippen LogP contribution in [0.25, 0.3) is 0 Å². The second-order valence-corrected chi connectivity index (χ2v) is 1.85. The number of hydrogen-bond acceptors (Lipinski definition) is 3. The molecule has 0 aliphatic carbocycles. The Morgan fingerprint density at radius 3 is 1.45 bits per heavy atom. The molecule has 0 aliphatic heterocycles. The summed E-state index contributed by atoms with van der Waals surface area (Å²) >= 11 is 0. The maximum atomic E-state index is 5.43. The van der Waals surface area contributed by atoms with E-state index in [1.807, 2.05) is 0 Å². The van der Waals surface area contributed by atoms with Crippen molar-refractivity contribution in [3.05, 3.63) is 18.2 Å². The van der Waals surface area contributed by atoms with Crippen LogP contribution in [0.3, 0.4) is 0 Å². The van der Waals surface area contributed by atoms with Crippen molar-refractivity contribution in [2.24, 2.45) is 0 Å². The fraction of sp³-hybridized carbons (Fsp3) is 0. The predicted molar refractivity (Wildman–Crippen MR) is 54.2 cm³/mol. The lowest BCUT2D eigenvalue weighted by Gasteiger charge is -2.00. The third-order valence-corrected chi connectivity index (χ3v) is 1.17. The Morgan fingerprint density at radius 1 is 0.818 bits per heavy atom. The smallest absolute Gasteiger partial charge is 0.0781 e. The molecule has 3 nitrogen and oxygen atoms in total. The van der Waals surface area contributed by atoms with Gasteiger partial charge in [0.2, 0.25) is 0 Å². The molecule has 0 heterocycles. The summed E-state index contributed by atoms with van der Waals surface area (Å²) in [5.74, 6) is 0. The third-order valence-electron chi connectivity index (χ3n) is 1.17. The van der Waals surface area contributed by atoms with Gasteiger partial charge >= 0.3 is 0 Å². The van der Waals surface area contributed by atoms with Crippen LogP contribution in [0.4, 0.5) is 17.1 Å². The van der Waals surface area contributed by atoms with Gasteiger partial charge in [0.25, 0.3) is 0 Å². The van der Waals surface area contributed by atoms with E-state index in [0.29, 0.717) is 17.1 Å². The van der Waals surface area contributed by atoms with Crippen molar-refractivity contribution in [2.45, 2.75) is 0 Å². The minimum Gasteiger partial charge on any atom is -0.397 e. The van der Waals surface area contributed by atoms with Gasteiger partial charge in [0.1, 0.15) is 0 Å². The Hall–Kier alpha value is -0.800. The Bertz CT molecular complexity index is 207. The minimum atomic E-state index is 0. The normalized spacial score (nSPS) is 7.64. The summed E-state index contributed by atoms with van der Waals surface area (Å²) in [6, 6.07) is 5.19. The largest absolute Gasteiger partial charge is 0.397 e. The molecule has 1 aromatic rings. The summed E-state index contributed by atoms with van der Waals surface area (Å²) in [6.07, 6.45) is 0. The van der Waals surface area contributed by atoms with E-state index >= 15 is 0 Å². The second-order valence-electron chi connectivity index (χ2n) is 1.85. The van der Waals surface area contributed by atoms with E-state index in [1.165, 1.54) is 0 Å². The molecule has 0 aromatic heterocycles. The zero-order chi connectivity index (χ0) is 6.85. The van der Waals surface area contributed by atoms with Gasteiger partial charge in [-0.3, -0.25) is 0 Å². The van der Waals surface area contributed by atoms with E-state index in [4.69, 9.17) is 17.2 Å². The monoisotopic (exact) mass is 195 g/mol. The predicted octanol–water partition coefficient (Wildman–Crippen LogP) is 1.28. The molecule has 0 saturated carbocycles. The summed E-state index contributed by atoms with van der Waals surface area (Å²) in [5, 5.41) is 0. The van der Waals surface area contributed by atoms with E-state index in [2.05, 4.69) is 0 Å². The number of para-hydroxylation sites is 1. The SMILES string of the molecule is Cl.Cl.Nc1cccc(N)c1N. The van der Waals surface area contributed by atoms with Gasteiger partial charge in [-0.15, -0.1) is 24.8 Å². The summed E-state index contributed by atoms with van der Waals surface area (Å²) in [4.78, 5) is 0. The van der Waals surface area contributed by atoms with E-state index in [1.54, 1.807) is 18.2 Å². The van der Waals surface area contributed by atoms with Gasteiger partial charge in [-0.05, 0) is 12.1 Å². The van der Waals surface area contributed by atoms with Gasteiger partial charge < -0.3 is 17.2 Å². The topological polar surface area (TPSA) is 78.1 Å². The van der Waals surface area contributed by atoms with Crippen LogP contribution < -0.4 is 17.2 Å². The highest BCUT2D eigenvalue weighted by Crippen LogP contribution is 2.20. The maximum absolute atomic E-state index is 5.43. The van der Waals surface area contributed by atoms with Crippen LogP contribution in [0.5, 0.6) is 0 Å². The minimum absolute atomic E-state index is 0.